The van der Waals surface area contributed by atoms with Gasteiger partial charge in [0.05, 0.1) is 11.8 Å². The van der Waals surface area contributed by atoms with Crippen LogP contribution in [0.5, 0.6) is 0 Å². The summed E-state index contributed by atoms with van der Waals surface area (Å²) in [4.78, 5) is 14.3. The highest BCUT2D eigenvalue weighted by Gasteiger charge is 2.24. The van der Waals surface area contributed by atoms with Gasteiger partial charge in [0.2, 0.25) is 0 Å². The molecule has 2 rings (SSSR count). The molecule has 4 heteroatoms. The zero-order chi connectivity index (χ0) is 13.0. The molecule has 99 valence electrons. The predicted molar refractivity (Wildman–Crippen MR) is 70.2 cm³/mol. The smallest absolute Gasteiger partial charge is 0.254 e. The highest BCUT2D eigenvalue weighted by atomic mass is 16.3. The van der Waals surface area contributed by atoms with Crippen molar-refractivity contribution in [1.82, 2.24) is 10.2 Å². The van der Waals surface area contributed by atoms with Gasteiger partial charge in [0.1, 0.15) is 6.26 Å². The molecule has 1 amide bonds. The molecule has 0 aromatic carbocycles. The highest BCUT2D eigenvalue weighted by Crippen LogP contribution is 2.14. The number of likely N-dealkylation sites (tertiary alicyclic amines) is 1. The van der Waals surface area contributed by atoms with E-state index in [9.17, 15) is 4.79 Å². The summed E-state index contributed by atoms with van der Waals surface area (Å²) in [5.74, 6) is -0.0593. The van der Waals surface area contributed by atoms with Gasteiger partial charge in [-0.2, -0.15) is 0 Å². The molecule has 1 aromatic rings. The summed E-state index contributed by atoms with van der Waals surface area (Å²) < 4.78 is 4.92. The summed E-state index contributed by atoms with van der Waals surface area (Å²) in [7, 11) is 0. The third-order valence-electron chi connectivity index (χ3n) is 3.61. The Morgan fingerprint density at radius 2 is 2.50 bits per heavy atom. The van der Waals surface area contributed by atoms with Crippen LogP contribution in [0.15, 0.2) is 23.0 Å². The maximum atomic E-state index is 11.9. The molecular weight excluding hydrogens is 228 g/mol. The van der Waals surface area contributed by atoms with E-state index in [0.29, 0.717) is 11.6 Å². The van der Waals surface area contributed by atoms with E-state index in [-0.39, 0.29) is 11.9 Å². The topological polar surface area (TPSA) is 45.5 Å². The zero-order valence-electron chi connectivity index (χ0n) is 11.1. The van der Waals surface area contributed by atoms with Crippen LogP contribution in [0, 0.1) is 6.42 Å². The number of hydrogen-bond donors (Lipinski definition) is 1. The monoisotopic (exact) mass is 249 g/mol. The molecule has 1 aliphatic rings. The summed E-state index contributed by atoms with van der Waals surface area (Å²) in [6.45, 7) is 6.42. The third kappa shape index (κ3) is 3.13. The number of nitrogens with one attached hydrogen (secondary N) is 1. The van der Waals surface area contributed by atoms with Gasteiger partial charge in [-0.1, -0.05) is 6.92 Å². The minimum atomic E-state index is -0.0593. The lowest BCUT2D eigenvalue weighted by Crippen LogP contribution is -2.50. The fourth-order valence-electron chi connectivity index (χ4n) is 2.27. The van der Waals surface area contributed by atoms with Crippen LogP contribution in [0.1, 0.15) is 37.0 Å². The van der Waals surface area contributed by atoms with Gasteiger partial charge in [-0.3, -0.25) is 9.69 Å². The second-order valence-electron chi connectivity index (χ2n) is 4.87. The third-order valence-corrected chi connectivity index (χ3v) is 3.61. The molecule has 1 aromatic heterocycles. The molecule has 1 fully saturated rings. The van der Waals surface area contributed by atoms with E-state index in [0.717, 1.165) is 25.9 Å². The van der Waals surface area contributed by atoms with E-state index >= 15 is 0 Å². The van der Waals surface area contributed by atoms with Crippen LogP contribution in [0.3, 0.4) is 0 Å². The number of furan rings is 1. The predicted octanol–water partition coefficient (Wildman–Crippen LogP) is 2.09. The highest BCUT2D eigenvalue weighted by molar-refractivity contribution is 5.94. The summed E-state index contributed by atoms with van der Waals surface area (Å²) in [6.07, 6.45) is 7.36. The van der Waals surface area contributed by atoms with E-state index < -0.39 is 0 Å². The van der Waals surface area contributed by atoms with E-state index in [2.05, 4.69) is 30.5 Å². The molecule has 1 saturated heterocycles. The average molecular weight is 249 g/mol. The first-order valence-electron chi connectivity index (χ1n) is 6.61. The molecule has 18 heavy (non-hydrogen) atoms. The maximum absolute atomic E-state index is 11.9. The Morgan fingerprint density at radius 3 is 3.17 bits per heavy atom. The normalized spacial score (nSPS) is 22.7. The second kappa shape index (κ2) is 6.05. The van der Waals surface area contributed by atoms with Crippen molar-refractivity contribution < 1.29 is 9.21 Å². The summed E-state index contributed by atoms with van der Waals surface area (Å²) >= 11 is 0. The van der Waals surface area contributed by atoms with Crippen LogP contribution in [0.2, 0.25) is 0 Å². The number of nitrogens with zero attached hydrogens (tertiary/aromatic N) is 1. The molecule has 0 spiro atoms. The first-order valence-corrected chi connectivity index (χ1v) is 6.61. The number of carbonyl (C=O) groups is 1. The summed E-state index contributed by atoms with van der Waals surface area (Å²) in [6, 6.07) is 2.40. The van der Waals surface area contributed by atoms with Gasteiger partial charge in [-0.15, -0.1) is 0 Å². The molecule has 1 aliphatic heterocycles. The van der Waals surface area contributed by atoms with Gasteiger partial charge < -0.3 is 9.73 Å². The lowest BCUT2D eigenvalue weighted by atomic mass is 10.0. The van der Waals surface area contributed by atoms with Crippen LogP contribution < -0.4 is 5.32 Å². The Hall–Kier alpha value is -1.29. The van der Waals surface area contributed by atoms with Crippen LogP contribution in [0.25, 0.3) is 0 Å². The van der Waals surface area contributed by atoms with Gasteiger partial charge in [0, 0.05) is 18.6 Å². The molecule has 0 bridgehead atoms. The molecule has 2 heterocycles. The molecular formula is C14H21N2O2. The van der Waals surface area contributed by atoms with Gasteiger partial charge in [-0.25, -0.2) is 0 Å². The molecule has 2 atom stereocenters. The lowest BCUT2D eigenvalue weighted by Gasteiger charge is -2.36. The van der Waals surface area contributed by atoms with Crippen molar-refractivity contribution >= 4 is 5.91 Å². The average Bonchev–Trinajstić information content (AvgIpc) is 2.92. The standard InChI is InChI=1S/C14H21N2O2/c1-3-11(2)16-7-4-5-13(9-16)15-14(17)12-6-8-18-10-12/h5-6,8,10-11,13H,3-4,7,9H2,1-2H3,(H,15,17). The van der Waals surface area contributed by atoms with Crippen molar-refractivity contribution in [2.24, 2.45) is 0 Å². The molecule has 1 radical (unpaired) electrons. The summed E-state index contributed by atoms with van der Waals surface area (Å²) in [5.41, 5.74) is 0.587. The van der Waals surface area contributed by atoms with Crippen molar-refractivity contribution in [2.75, 3.05) is 13.1 Å². The SMILES string of the molecule is CCC(C)N1CC[CH]C(NC(=O)c2ccoc2)C1. The van der Waals surface area contributed by atoms with Crippen LogP contribution in [-0.4, -0.2) is 36.0 Å². The van der Waals surface area contributed by atoms with E-state index in [4.69, 9.17) is 4.42 Å². The quantitative estimate of drug-likeness (QED) is 0.888. The Bertz CT molecular complexity index is 375. The first kappa shape index (κ1) is 13.1. The summed E-state index contributed by atoms with van der Waals surface area (Å²) in [5, 5.41) is 3.03. The first-order chi connectivity index (χ1) is 8.70. The minimum absolute atomic E-state index is 0.0593. The van der Waals surface area contributed by atoms with E-state index in [1.807, 2.05) is 0 Å². The van der Waals surface area contributed by atoms with Crippen LogP contribution >= 0.6 is 0 Å². The Balaban J connectivity index is 1.88. The van der Waals surface area contributed by atoms with E-state index in [1.165, 1.54) is 12.5 Å². The maximum Gasteiger partial charge on any atom is 0.254 e. The van der Waals surface area contributed by atoms with Crippen molar-refractivity contribution in [1.29, 1.82) is 0 Å². The minimum Gasteiger partial charge on any atom is -0.472 e. The molecule has 4 nitrogen and oxygen atoms in total. The zero-order valence-corrected chi connectivity index (χ0v) is 11.1. The Kier molecular flexibility index (Phi) is 4.42. The Morgan fingerprint density at radius 1 is 1.67 bits per heavy atom. The van der Waals surface area contributed by atoms with Crippen molar-refractivity contribution in [3.8, 4) is 0 Å². The number of amides is 1. The van der Waals surface area contributed by atoms with Gasteiger partial charge in [0.15, 0.2) is 0 Å². The van der Waals surface area contributed by atoms with Gasteiger partial charge in [-0.05, 0) is 38.8 Å². The fraction of sp³-hybridized carbons (Fsp3) is 0.571. The molecule has 0 aliphatic carbocycles. The van der Waals surface area contributed by atoms with Crippen molar-refractivity contribution in [2.45, 2.75) is 38.8 Å². The van der Waals surface area contributed by atoms with Crippen LogP contribution in [0.4, 0.5) is 0 Å². The Labute approximate surface area is 108 Å². The molecule has 2 unspecified atom stereocenters. The molecule has 1 N–H and O–H groups in total. The van der Waals surface area contributed by atoms with Gasteiger partial charge >= 0.3 is 0 Å². The lowest BCUT2D eigenvalue weighted by molar-refractivity contribution is 0.0908. The largest absolute Gasteiger partial charge is 0.472 e. The number of carbonyl (C=O) groups excluding carboxylic acids is 1. The number of hydrogen-bond acceptors (Lipinski definition) is 3. The van der Waals surface area contributed by atoms with Gasteiger partial charge in [0.25, 0.3) is 5.91 Å². The van der Waals surface area contributed by atoms with Crippen molar-refractivity contribution in [3.63, 3.8) is 0 Å². The van der Waals surface area contributed by atoms with Crippen LogP contribution in [-0.2, 0) is 0 Å². The second-order valence-corrected chi connectivity index (χ2v) is 4.87. The molecule has 0 saturated carbocycles. The fourth-order valence-corrected chi connectivity index (χ4v) is 2.27. The number of piperidine rings is 1. The van der Waals surface area contributed by atoms with E-state index in [1.54, 1.807) is 6.07 Å². The number of rotatable bonds is 4. The van der Waals surface area contributed by atoms with Crippen molar-refractivity contribution in [3.05, 3.63) is 30.6 Å².